The molecule has 1 rings (SSSR count). The van der Waals surface area contributed by atoms with Crippen molar-refractivity contribution >= 4 is 34.7 Å². The minimum atomic E-state index is -1.02. The Morgan fingerprint density at radius 3 is 2.52 bits per heavy atom. The van der Waals surface area contributed by atoms with Gasteiger partial charge in [-0.1, -0.05) is 19.3 Å². The van der Waals surface area contributed by atoms with Gasteiger partial charge in [0.2, 0.25) is 0 Å². The fraction of sp³-hybridized carbons (Fsp3) is 0.333. The fourth-order valence-corrected chi connectivity index (χ4v) is 1.71. The molecule has 1 amide bonds. The summed E-state index contributed by atoms with van der Waals surface area (Å²) < 4.78 is 7.95. The molecule has 1 N–H and O–H groups in total. The standard InChI is InChI=1S/C15H16INO4/c1-2-3-10-17(11-4-9-16)15(20)21-13-7-5-12(6-8-13)14(18)19/h5-8H,2-3,10-11H2,1H3,(H,18,19). The fourth-order valence-electron chi connectivity index (χ4n) is 1.54. The number of hydrogen-bond donors (Lipinski definition) is 1. The van der Waals surface area contributed by atoms with E-state index in [0.717, 1.165) is 12.8 Å². The van der Waals surface area contributed by atoms with Crippen LogP contribution in [0.25, 0.3) is 0 Å². The molecule has 6 heteroatoms. The normalized spacial score (nSPS) is 9.43. The van der Waals surface area contributed by atoms with E-state index in [1.54, 1.807) is 0 Å². The highest BCUT2D eigenvalue weighted by Gasteiger charge is 2.14. The first kappa shape index (κ1) is 17.3. The molecule has 0 aliphatic carbocycles. The third-order valence-electron chi connectivity index (χ3n) is 2.68. The number of ether oxygens (including phenoxy) is 1. The van der Waals surface area contributed by atoms with Gasteiger partial charge in [-0.2, -0.15) is 0 Å². The number of amides is 1. The Bertz CT molecular complexity index is 545. The second kappa shape index (κ2) is 9.23. The number of nitrogens with zero attached hydrogens (tertiary/aromatic N) is 1. The Labute approximate surface area is 137 Å². The van der Waals surface area contributed by atoms with E-state index in [0.29, 0.717) is 18.8 Å². The Hall–Kier alpha value is -1.75. The lowest BCUT2D eigenvalue weighted by atomic mass is 10.2. The summed E-state index contributed by atoms with van der Waals surface area (Å²) in [4.78, 5) is 24.3. The predicted octanol–water partition coefficient (Wildman–Crippen LogP) is 3.38. The highest BCUT2D eigenvalue weighted by molar-refractivity contribution is 14.1. The molecule has 5 nitrogen and oxygen atoms in total. The molecule has 1 aromatic rings. The van der Waals surface area contributed by atoms with Gasteiger partial charge in [0, 0.05) is 29.1 Å². The zero-order valence-electron chi connectivity index (χ0n) is 11.6. The second-order valence-electron chi connectivity index (χ2n) is 4.24. The molecule has 0 radical (unpaired) electrons. The van der Waals surface area contributed by atoms with Crippen LogP contribution in [0.3, 0.4) is 0 Å². The Kier molecular flexibility index (Phi) is 7.61. The van der Waals surface area contributed by atoms with Gasteiger partial charge in [-0.25, -0.2) is 9.59 Å². The van der Waals surface area contributed by atoms with Crippen molar-refractivity contribution in [1.82, 2.24) is 4.90 Å². The van der Waals surface area contributed by atoms with Crippen LogP contribution in [0, 0.1) is 9.85 Å². The molecular formula is C15H16INO4. The van der Waals surface area contributed by atoms with E-state index in [4.69, 9.17) is 9.84 Å². The van der Waals surface area contributed by atoms with Crippen molar-refractivity contribution < 1.29 is 19.4 Å². The maximum Gasteiger partial charge on any atom is 0.416 e. The summed E-state index contributed by atoms with van der Waals surface area (Å²) in [6, 6.07) is 5.71. The largest absolute Gasteiger partial charge is 0.478 e. The molecule has 0 saturated heterocycles. The van der Waals surface area contributed by atoms with Crippen LogP contribution in [0.15, 0.2) is 24.3 Å². The van der Waals surface area contributed by atoms with Gasteiger partial charge in [0.1, 0.15) is 5.75 Å². The van der Waals surface area contributed by atoms with Gasteiger partial charge < -0.3 is 9.84 Å². The summed E-state index contributed by atoms with van der Waals surface area (Å²) in [5, 5.41) is 8.81. The van der Waals surface area contributed by atoms with Gasteiger partial charge in [-0.15, -0.1) is 0 Å². The van der Waals surface area contributed by atoms with Crippen molar-refractivity contribution in [2.75, 3.05) is 13.1 Å². The first-order valence-corrected chi connectivity index (χ1v) is 7.55. The molecule has 1 aromatic carbocycles. The minimum Gasteiger partial charge on any atom is -0.478 e. The molecule has 112 valence electrons. The van der Waals surface area contributed by atoms with Gasteiger partial charge in [0.05, 0.1) is 12.1 Å². The lowest BCUT2D eigenvalue weighted by molar-refractivity contribution is 0.0697. The monoisotopic (exact) mass is 401 g/mol. The Morgan fingerprint density at radius 1 is 1.33 bits per heavy atom. The first-order valence-electron chi connectivity index (χ1n) is 6.47. The van der Waals surface area contributed by atoms with Crippen molar-refractivity contribution in [3.8, 4) is 15.6 Å². The average Bonchev–Trinajstić information content (AvgIpc) is 2.47. The molecule has 0 aliphatic heterocycles. The number of aromatic carboxylic acids is 1. The smallest absolute Gasteiger partial charge is 0.416 e. The minimum absolute atomic E-state index is 0.147. The number of rotatable bonds is 6. The lowest BCUT2D eigenvalue weighted by Crippen LogP contribution is -2.34. The molecule has 0 atom stereocenters. The number of carbonyl (C=O) groups is 2. The van der Waals surface area contributed by atoms with Crippen LogP contribution in [0.5, 0.6) is 5.75 Å². The van der Waals surface area contributed by atoms with Crippen LogP contribution in [0.1, 0.15) is 30.1 Å². The van der Waals surface area contributed by atoms with Gasteiger partial charge in [-0.05, 0) is 34.6 Å². The van der Waals surface area contributed by atoms with Gasteiger partial charge >= 0.3 is 12.1 Å². The molecule has 0 bridgehead atoms. The van der Waals surface area contributed by atoms with Crippen molar-refractivity contribution in [3.63, 3.8) is 0 Å². The number of benzene rings is 1. The van der Waals surface area contributed by atoms with Crippen molar-refractivity contribution in [3.05, 3.63) is 29.8 Å². The number of hydrogen-bond acceptors (Lipinski definition) is 3. The van der Waals surface area contributed by atoms with Crippen LogP contribution >= 0.6 is 22.6 Å². The van der Waals surface area contributed by atoms with Gasteiger partial charge in [0.15, 0.2) is 0 Å². The van der Waals surface area contributed by atoms with E-state index in [9.17, 15) is 9.59 Å². The van der Waals surface area contributed by atoms with Crippen LogP contribution < -0.4 is 4.74 Å². The second-order valence-corrected chi connectivity index (χ2v) is 4.78. The van der Waals surface area contributed by atoms with Gasteiger partial charge in [0.25, 0.3) is 0 Å². The molecule has 21 heavy (non-hydrogen) atoms. The molecule has 0 aromatic heterocycles. The summed E-state index contributed by atoms with van der Waals surface area (Å²) in [5.74, 6) is 2.13. The van der Waals surface area contributed by atoms with E-state index in [1.807, 2.05) is 29.5 Å². The van der Waals surface area contributed by atoms with Crippen molar-refractivity contribution in [2.24, 2.45) is 0 Å². The third-order valence-corrected chi connectivity index (χ3v) is 3.06. The van der Waals surface area contributed by atoms with Crippen LogP contribution in [-0.2, 0) is 0 Å². The van der Waals surface area contributed by atoms with E-state index in [-0.39, 0.29) is 5.56 Å². The van der Waals surface area contributed by atoms with E-state index in [2.05, 4.69) is 9.85 Å². The maximum atomic E-state index is 12.1. The topological polar surface area (TPSA) is 66.8 Å². The average molecular weight is 401 g/mol. The summed E-state index contributed by atoms with van der Waals surface area (Å²) in [6.45, 7) is 2.93. The first-order chi connectivity index (χ1) is 10.1. The molecular weight excluding hydrogens is 385 g/mol. The lowest BCUT2D eigenvalue weighted by Gasteiger charge is -2.19. The van der Waals surface area contributed by atoms with E-state index >= 15 is 0 Å². The van der Waals surface area contributed by atoms with Crippen LogP contribution in [0.2, 0.25) is 0 Å². The van der Waals surface area contributed by atoms with Crippen molar-refractivity contribution in [2.45, 2.75) is 19.8 Å². The molecule has 0 saturated carbocycles. The maximum absolute atomic E-state index is 12.1. The summed E-state index contributed by atoms with van der Waals surface area (Å²) in [6.07, 6.45) is 1.36. The zero-order chi connectivity index (χ0) is 15.7. The zero-order valence-corrected chi connectivity index (χ0v) is 13.8. The van der Waals surface area contributed by atoms with Crippen LogP contribution in [-0.4, -0.2) is 35.2 Å². The predicted molar refractivity (Wildman–Crippen MR) is 87.7 cm³/mol. The summed E-state index contributed by atoms with van der Waals surface area (Å²) in [7, 11) is 0. The molecule has 0 aliphatic rings. The Balaban J connectivity index is 2.69. The molecule has 0 fully saturated rings. The molecule has 0 unspecified atom stereocenters. The van der Waals surface area contributed by atoms with Crippen LogP contribution in [0.4, 0.5) is 4.79 Å². The number of carboxylic acids is 1. The quantitative estimate of drug-likeness (QED) is 0.587. The van der Waals surface area contributed by atoms with Crippen molar-refractivity contribution in [1.29, 1.82) is 0 Å². The highest BCUT2D eigenvalue weighted by atomic mass is 127. The summed E-state index contributed by atoms with van der Waals surface area (Å²) >= 11 is 1.92. The molecule has 0 spiro atoms. The highest BCUT2D eigenvalue weighted by Crippen LogP contribution is 2.13. The molecule has 0 heterocycles. The number of halogens is 1. The SMILES string of the molecule is CCCCN(CC#CI)C(=O)Oc1ccc(C(=O)O)cc1. The van der Waals surface area contributed by atoms with E-state index < -0.39 is 12.1 Å². The Morgan fingerprint density at radius 2 is 2.00 bits per heavy atom. The summed E-state index contributed by atoms with van der Waals surface area (Å²) in [5.41, 5.74) is 0.147. The van der Waals surface area contributed by atoms with E-state index in [1.165, 1.54) is 29.2 Å². The number of carboxylic acid groups (broad SMARTS) is 1. The third kappa shape index (κ3) is 6.04. The van der Waals surface area contributed by atoms with Gasteiger partial charge in [-0.3, -0.25) is 4.90 Å². The number of carbonyl (C=O) groups excluding carboxylic acids is 1. The number of unbranched alkanes of at least 4 members (excludes halogenated alkanes) is 1.